The van der Waals surface area contributed by atoms with E-state index in [2.05, 4.69) is 0 Å². The number of ether oxygens (including phenoxy) is 4. The number of aliphatic hydroxyl groups is 1. The zero-order valence-corrected chi connectivity index (χ0v) is 25.8. The Kier molecular flexibility index (Phi) is 14.2. The molecule has 0 spiro atoms. The number of aliphatic hydroxyl groups excluding tert-OH is 1. The van der Waals surface area contributed by atoms with Gasteiger partial charge in [0.25, 0.3) is 0 Å². The van der Waals surface area contributed by atoms with E-state index in [1.54, 1.807) is 33.9 Å². The summed E-state index contributed by atoms with van der Waals surface area (Å²) < 4.78 is 63.0. The summed E-state index contributed by atoms with van der Waals surface area (Å²) in [7, 11) is 1.61. The fraction of sp³-hybridized carbons (Fsp3) is 0.571. The molecule has 1 radical (unpaired) electrons. The number of hydrogen-bond donors (Lipinski definition) is 1. The van der Waals surface area contributed by atoms with Gasteiger partial charge in [-0.05, 0) is 81.8 Å². The first-order valence-electron chi connectivity index (χ1n) is 12.4. The van der Waals surface area contributed by atoms with Crippen molar-refractivity contribution in [3.05, 3.63) is 64.4 Å². The van der Waals surface area contributed by atoms with Gasteiger partial charge in [-0.25, -0.2) is 0 Å². The van der Waals surface area contributed by atoms with Crippen molar-refractivity contribution in [3.8, 4) is 11.5 Å². The summed E-state index contributed by atoms with van der Waals surface area (Å²) in [5.41, 5.74) is 9.31. The second kappa shape index (κ2) is 15.5. The minimum absolute atomic E-state index is 0. The number of aryl methyl sites for hydroxylation is 3. The van der Waals surface area contributed by atoms with Crippen molar-refractivity contribution in [2.75, 3.05) is 33.5 Å². The number of hydrogen-bond acceptors (Lipinski definition) is 5. The summed E-state index contributed by atoms with van der Waals surface area (Å²) in [5, 5.41) is 7.57. The van der Waals surface area contributed by atoms with Gasteiger partial charge >= 0.3 is 6.18 Å². The SMILES string of the molecule is CCO.COc1ccc(CCCOc2ccc(CCC3([NH-])COC(C)(C)OC3)cc2C(F)(F)F)cc1C.[Y]. The maximum atomic E-state index is 13.7. The Morgan fingerprint density at radius 2 is 1.55 bits per heavy atom. The fourth-order valence-corrected chi connectivity index (χ4v) is 3.87. The van der Waals surface area contributed by atoms with E-state index < -0.39 is 23.1 Å². The van der Waals surface area contributed by atoms with E-state index in [1.807, 2.05) is 25.1 Å². The molecule has 2 aromatic carbocycles. The van der Waals surface area contributed by atoms with Gasteiger partial charge in [-0.1, -0.05) is 30.2 Å². The van der Waals surface area contributed by atoms with Crippen LogP contribution in [-0.4, -0.2) is 50.0 Å². The van der Waals surface area contributed by atoms with Crippen LogP contribution in [0.5, 0.6) is 11.5 Å². The van der Waals surface area contributed by atoms with Crippen molar-refractivity contribution in [1.29, 1.82) is 0 Å². The fourth-order valence-electron chi connectivity index (χ4n) is 3.87. The third-order valence-electron chi connectivity index (χ3n) is 5.96. The molecule has 0 amide bonds. The van der Waals surface area contributed by atoms with Crippen LogP contribution >= 0.6 is 0 Å². The Bertz CT molecular complexity index is 991. The van der Waals surface area contributed by atoms with Gasteiger partial charge in [-0.2, -0.15) is 13.2 Å². The Hall–Kier alpha value is -1.23. The molecule has 2 aromatic rings. The molecular formula is C28H39F3NO5Y-. The van der Waals surface area contributed by atoms with Gasteiger partial charge in [-0.3, -0.25) is 0 Å². The molecule has 38 heavy (non-hydrogen) atoms. The maximum Gasteiger partial charge on any atom is 0.419 e. The van der Waals surface area contributed by atoms with Crippen molar-refractivity contribution in [3.63, 3.8) is 0 Å². The number of alkyl halides is 3. The summed E-state index contributed by atoms with van der Waals surface area (Å²) in [5.74, 6) is -0.105. The maximum absolute atomic E-state index is 13.7. The van der Waals surface area contributed by atoms with Crippen molar-refractivity contribution in [2.45, 2.75) is 70.9 Å². The molecule has 0 aliphatic carbocycles. The van der Waals surface area contributed by atoms with Crippen LogP contribution in [0.2, 0.25) is 0 Å². The minimum Gasteiger partial charge on any atom is -0.668 e. The molecule has 0 unspecified atom stereocenters. The molecule has 1 aliphatic rings. The van der Waals surface area contributed by atoms with Gasteiger partial charge in [0.15, 0.2) is 5.79 Å². The van der Waals surface area contributed by atoms with Crippen LogP contribution < -0.4 is 9.47 Å². The molecule has 3 rings (SSSR count). The Labute approximate surface area is 249 Å². The molecule has 1 heterocycles. The molecule has 0 aromatic heterocycles. The second-order valence-corrected chi connectivity index (χ2v) is 9.66. The average molecular weight is 616 g/mol. The summed E-state index contributed by atoms with van der Waals surface area (Å²) in [4.78, 5) is 0. The predicted octanol–water partition coefficient (Wildman–Crippen LogP) is 6.54. The molecule has 0 atom stereocenters. The molecule has 6 nitrogen and oxygen atoms in total. The zero-order valence-electron chi connectivity index (χ0n) is 22.9. The smallest absolute Gasteiger partial charge is 0.419 e. The van der Waals surface area contributed by atoms with Crippen molar-refractivity contribution in [1.82, 2.24) is 0 Å². The molecule has 0 bridgehead atoms. The van der Waals surface area contributed by atoms with Crippen LogP contribution in [0.25, 0.3) is 5.73 Å². The van der Waals surface area contributed by atoms with Crippen LogP contribution in [0, 0.1) is 6.92 Å². The van der Waals surface area contributed by atoms with E-state index in [0.717, 1.165) is 22.9 Å². The van der Waals surface area contributed by atoms with E-state index in [-0.39, 0.29) is 64.9 Å². The number of benzene rings is 2. The van der Waals surface area contributed by atoms with Crippen molar-refractivity contribution >= 4 is 0 Å². The Morgan fingerprint density at radius 1 is 1.00 bits per heavy atom. The van der Waals surface area contributed by atoms with Gasteiger partial charge < -0.3 is 29.8 Å². The summed E-state index contributed by atoms with van der Waals surface area (Å²) in [6.45, 7) is 7.97. The van der Waals surface area contributed by atoms with Crippen LogP contribution in [0.4, 0.5) is 13.2 Å². The number of halogens is 3. The summed E-state index contributed by atoms with van der Waals surface area (Å²) in [6.07, 6.45) is -2.60. The monoisotopic (exact) mass is 615 g/mol. The number of nitrogens with one attached hydrogen (secondary N) is 1. The molecule has 0 saturated carbocycles. The zero-order chi connectivity index (χ0) is 27.7. The third kappa shape index (κ3) is 11.1. The molecule has 1 saturated heterocycles. The molecule has 211 valence electrons. The standard InChI is InChI=1S/C26H33F3NO4.C2H6O.Y/c1-18-14-19(7-9-22(18)31-4)6-5-13-32-23-10-8-20(15-21(23)26(27,28)29)11-12-25(30)16-33-24(2,3)34-17-25;1-2-3;/h7-10,14-15,30H,5-6,11-13,16-17H2,1-4H3;3H,2H2,1H3;/q-1;;. The van der Waals surface area contributed by atoms with Crippen molar-refractivity contribution < 1.29 is 69.9 Å². The van der Waals surface area contributed by atoms with E-state index >= 15 is 0 Å². The van der Waals surface area contributed by atoms with Gasteiger partial charge in [0.1, 0.15) is 11.5 Å². The van der Waals surface area contributed by atoms with Gasteiger partial charge in [0.2, 0.25) is 0 Å². The number of methoxy groups -OCH3 is 1. The van der Waals surface area contributed by atoms with Gasteiger partial charge in [0, 0.05) is 52.5 Å². The van der Waals surface area contributed by atoms with Crippen LogP contribution in [0.3, 0.4) is 0 Å². The Morgan fingerprint density at radius 3 is 2.08 bits per heavy atom. The first-order valence-corrected chi connectivity index (χ1v) is 12.4. The average Bonchev–Trinajstić information content (AvgIpc) is 2.83. The minimum atomic E-state index is -4.53. The van der Waals surface area contributed by atoms with Crippen LogP contribution in [0.15, 0.2) is 36.4 Å². The van der Waals surface area contributed by atoms with Gasteiger partial charge in [0.05, 0.1) is 19.3 Å². The van der Waals surface area contributed by atoms with E-state index in [9.17, 15) is 13.2 Å². The van der Waals surface area contributed by atoms with Gasteiger partial charge in [-0.15, -0.1) is 0 Å². The Balaban J connectivity index is 0.00000172. The van der Waals surface area contributed by atoms with E-state index in [1.165, 1.54) is 6.07 Å². The third-order valence-corrected chi connectivity index (χ3v) is 5.96. The predicted molar refractivity (Wildman–Crippen MR) is 137 cm³/mol. The molecule has 10 heteroatoms. The normalized spacial score (nSPS) is 16.1. The van der Waals surface area contributed by atoms with E-state index in [0.29, 0.717) is 31.2 Å². The topological polar surface area (TPSA) is 81.0 Å². The largest absolute Gasteiger partial charge is 0.668 e. The second-order valence-electron chi connectivity index (χ2n) is 9.66. The van der Waals surface area contributed by atoms with Crippen LogP contribution in [-0.2, 0) is 61.2 Å². The van der Waals surface area contributed by atoms with Crippen LogP contribution in [0.1, 0.15) is 55.9 Å². The molecular weight excluding hydrogens is 576 g/mol. The molecule has 1 fully saturated rings. The summed E-state index contributed by atoms with van der Waals surface area (Å²) >= 11 is 0. The molecule has 2 N–H and O–H groups in total. The number of rotatable bonds is 9. The van der Waals surface area contributed by atoms with E-state index in [4.69, 9.17) is 29.8 Å². The summed E-state index contributed by atoms with van der Waals surface area (Å²) in [6, 6.07) is 9.99. The first kappa shape index (κ1) is 34.8. The quantitative estimate of drug-likeness (QED) is 0.325. The van der Waals surface area contributed by atoms with Crippen molar-refractivity contribution in [2.24, 2.45) is 0 Å². The molecule has 1 aliphatic heterocycles. The first-order chi connectivity index (χ1) is 17.3.